The minimum atomic E-state index is -0.286. The lowest BCUT2D eigenvalue weighted by molar-refractivity contribution is 0.242. The highest BCUT2D eigenvalue weighted by atomic mass is 32.1. The molecule has 3 nitrogen and oxygen atoms in total. The molecule has 1 aromatic heterocycles. The largest absolute Gasteiger partial charge is 0.468 e. The summed E-state index contributed by atoms with van der Waals surface area (Å²) in [4.78, 5) is 3.96. The van der Waals surface area contributed by atoms with E-state index in [2.05, 4.69) is 4.98 Å². The van der Waals surface area contributed by atoms with E-state index in [0.717, 1.165) is 0 Å². The fraction of sp³-hybridized carbons (Fsp3) is 0.571. The predicted octanol–water partition coefficient (Wildman–Crippen LogP) is 1.26. The van der Waals surface area contributed by atoms with Crippen molar-refractivity contribution in [2.24, 2.45) is 5.73 Å². The summed E-state index contributed by atoms with van der Waals surface area (Å²) < 4.78 is 5.29. The summed E-state index contributed by atoms with van der Waals surface area (Å²) in [6.45, 7) is 4.34. The second-order valence-electron chi connectivity index (χ2n) is 3.08. The van der Waals surface area contributed by atoms with E-state index in [1.807, 2.05) is 19.2 Å². The van der Waals surface area contributed by atoms with Gasteiger partial charge >= 0.3 is 0 Å². The molecule has 11 heavy (non-hydrogen) atoms. The third-order valence-corrected chi connectivity index (χ3v) is 1.66. The molecule has 1 heterocycles. The van der Waals surface area contributed by atoms with E-state index in [4.69, 9.17) is 10.5 Å². The fourth-order valence-electron chi connectivity index (χ4n) is 0.529. The van der Waals surface area contributed by atoms with Gasteiger partial charge in [0.1, 0.15) is 6.61 Å². The molecule has 2 N–H and O–H groups in total. The number of nitrogens with two attached hydrogens (primary N) is 1. The average molecular weight is 172 g/mol. The molecule has 0 fully saturated rings. The quantitative estimate of drug-likeness (QED) is 0.746. The molecule has 0 saturated carbocycles. The standard InChI is InChI=1S/C7H12N2OS/c1-7(2,8)5-10-6-9-3-4-11-6/h3-4H,5,8H2,1-2H3. The molecular weight excluding hydrogens is 160 g/mol. The number of hydrogen-bond acceptors (Lipinski definition) is 4. The van der Waals surface area contributed by atoms with E-state index in [0.29, 0.717) is 11.8 Å². The molecule has 0 aliphatic carbocycles. The lowest BCUT2D eigenvalue weighted by atomic mass is 10.1. The van der Waals surface area contributed by atoms with E-state index in [-0.39, 0.29) is 5.54 Å². The normalized spacial score (nSPS) is 11.5. The Morgan fingerprint density at radius 2 is 2.45 bits per heavy atom. The zero-order valence-electron chi connectivity index (χ0n) is 6.70. The van der Waals surface area contributed by atoms with Crippen LogP contribution in [0.2, 0.25) is 0 Å². The Balaban J connectivity index is 2.35. The van der Waals surface area contributed by atoms with Crippen LogP contribution in [0.3, 0.4) is 0 Å². The minimum Gasteiger partial charge on any atom is -0.468 e. The molecule has 0 atom stereocenters. The summed E-state index contributed by atoms with van der Waals surface area (Å²) >= 11 is 1.47. The van der Waals surface area contributed by atoms with Gasteiger partial charge in [-0.15, -0.1) is 0 Å². The second-order valence-corrected chi connectivity index (χ2v) is 3.93. The first-order chi connectivity index (χ1) is 5.08. The van der Waals surface area contributed by atoms with Gasteiger partial charge in [0.25, 0.3) is 5.19 Å². The van der Waals surface area contributed by atoms with Crippen LogP contribution in [0.25, 0.3) is 0 Å². The van der Waals surface area contributed by atoms with Crippen LogP contribution in [0, 0.1) is 0 Å². The van der Waals surface area contributed by atoms with Crippen molar-refractivity contribution in [1.29, 1.82) is 0 Å². The summed E-state index contributed by atoms with van der Waals surface area (Å²) in [5.41, 5.74) is 5.42. The molecule has 62 valence electrons. The van der Waals surface area contributed by atoms with Crippen LogP contribution in [-0.2, 0) is 0 Å². The third kappa shape index (κ3) is 3.34. The van der Waals surface area contributed by atoms with Gasteiger partial charge in [-0.2, -0.15) is 0 Å². The molecule has 0 aliphatic rings. The van der Waals surface area contributed by atoms with Crippen LogP contribution in [0.5, 0.6) is 5.19 Å². The lowest BCUT2D eigenvalue weighted by Crippen LogP contribution is -2.38. The zero-order valence-corrected chi connectivity index (χ0v) is 7.52. The van der Waals surface area contributed by atoms with Crippen LogP contribution in [0.15, 0.2) is 11.6 Å². The Kier molecular flexibility index (Phi) is 2.46. The van der Waals surface area contributed by atoms with E-state index >= 15 is 0 Å². The smallest absolute Gasteiger partial charge is 0.273 e. The van der Waals surface area contributed by atoms with Gasteiger partial charge in [0, 0.05) is 17.1 Å². The highest BCUT2D eigenvalue weighted by Gasteiger charge is 2.11. The van der Waals surface area contributed by atoms with Crippen LogP contribution in [-0.4, -0.2) is 17.1 Å². The maximum absolute atomic E-state index is 5.70. The number of thiazole rings is 1. The van der Waals surface area contributed by atoms with Gasteiger partial charge in [-0.05, 0) is 13.8 Å². The molecule has 1 rings (SSSR count). The number of rotatable bonds is 3. The predicted molar refractivity (Wildman–Crippen MR) is 45.9 cm³/mol. The Morgan fingerprint density at radius 1 is 1.73 bits per heavy atom. The number of hydrogen-bond donors (Lipinski definition) is 1. The number of nitrogens with zero attached hydrogens (tertiary/aromatic N) is 1. The molecule has 0 radical (unpaired) electrons. The van der Waals surface area contributed by atoms with Crippen molar-refractivity contribution in [3.05, 3.63) is 11.6 Å². The van der Waals surface area contributed by atoms with E-state index < -0.39 is 0 Å². The first kappa shape index (κ1) is 8.49. The van der Waals surface area contributed by atoms with Gasteiger partial charge in [-0.1, -0.05) is 11.3 Å². The van der Waals surface area contributed by atoms with Crippen molar-refractivity contribution in [2.75, 3.05) is 6.61 Å². The van der Waals surface area contributed by atoms with Gasteiger partial charge in [-0.25, -0.2) is 4.98 Å². The molecule has 1 aromatic rings. The molecule has 0 spiro atoms. The first-order valence-corrected chi connectivity index (χ1v) is 4.27. The molecule has 0 aromatic carbocycles. The van der Waals surface area contributed by atoms with Crippen LogP contribution < -0.4 is 10.5 Å². The molecule has 0 bridgehead atoms. The highest BCUT2D eigenvalue weighted by molar-refractivity contribution is 7.11. The minimum absolute atomic E-state index is 0.286. The monoisotopic (exact) mass is 172 g/mol. The second kappa shape index (κ2) is 3.19. The Labute approximate surface area is 70.2 Å². The Bertz CT molecular complexity index is 203. The summed E-state index contributed by atoms with van der Waals surface area (Å²) in [5.74, 6) is 0. The molecule has 0 amide bonds. The number of aromatic nitrogens is 1. The summed E-state index contributed by atoms with van der Waals surface area (Å²) in [7, 11) is 0. The van der Waals surface area contributed by atoms with Crippen molar-refractivity contribution in [2.45, 2.75) is 19.4 Å². The van der Waals surface area contributed by atoms with E-state index in [1.165, 1.54) is 11.3 Å². The molecular formula is C7H12N2OS. The third-order valence-electron chi connectivity index (χ3n) is 0.977. The maximum atomic E-state index is 5.70. The van der Waals surface area contributed by atoms with Crippen LogP contribution in [0.4, 0.5) is 0 Å². The van der Waals surface area contributed by atoms with Gasteiger partial charge in [0.15, 0.2) is 0 Å². The average Bonchev–Trinajstić information content (AvgIpc) is 2.32. The van der Waals surface area contributed by atoms with E-state index in [9.17, 15) is 0 Å². The summed E-state index contributed by atoms with van der Waals surface area (Å²) in [5, 5.41) is 2.56. The first-order valence-electron chi connectivity index (χ1n) is 3.39. The lowest BCUT2D eigenvalue weighted by Gasteiger charge is -2.17. The number of ether oxygens (including phenoxy) is 1. The summed E-state index contributed by atoms with van der Waals surface area (Å²) in [6.07, 6.45) is 1.71. The maximum Gasteiger partial charge on any atom is 0.273 e. The Hall–Kier alpha value is -0.610. The van der Waals surface area contributed by atoms with Crippen LogP contribution >= 0.6 is 11.3 Å². The highest BCUT2D eigenvalue weighted by Crippen LogP contribution is 2.14. The molecule has 0 aliphatic heterocycles. The van der Waals surface area contributed by atoms with Gasteiger partial charge in [0.2, 0.25) is 0 Å². The van der Waals surface area contributed by atoms with Gasteiger partial charge in [-0.3, -0.25) is 0 Å². The fourth-order valence-corrected chi connectivity index (χ4v) is 1.02. The van der Waals surface area contributed by atoms with E-state index in [1.54, 1.807) is 6.20 Å². The topological polar surface area (TPSA) is 48.1 Å². The summed E-state index contributed by atoms with van der Waals surface area (Å²) in [6, 6.07) is 0. The van der Waals surface area contributed by atoms with Crippen molar-refractivity contribution < 1.29 is 4.74 Å². The van der Waals surface area contributed by atoms with Crippen molar-refractivity contribution in [1.82, 2.24) is 4.98 Å². The van der Waals surface area contributed by atoms with Crippen molar-refractivity contribution >= 4 is 11.3 Å². The van der Waals surface area contributed by atoms with Crippen molar-refractivity contribution in [3.8, 4) is 5.19 Å². The molecule has 4 heteroatoms. The molecule has 0 saturated heterocycles. The SMILES string of the molecule is CC(C)(N)COc1nccs1. The van der Waals surface area contributed by atoms with Crippen molar-refractivity contribution in [3.63, 3.8) is 0 Å². The van der Waals surface area contributed by atoms with Crippen LogP contribution in [0.1, 0.15) is 13.8 Å². The Morgan fingerprint density at radius 3 is 2.91 bits per heavy atom. The van der Waals surface area contributed by atoms with Gasteiger partial charge < -0.3 is 10.5 Å². The molecule has 0 unspecified atom stereocenters. The van der Waals surface area contributed by atoms with Gasteiger partial charge in [0.05, 0.1) is 0 Å². The zero-order chi connectivity index (χ0) is 8.32.